The van der Waals surface area contributed by atoms with Gasteiger partial charge >= 0.3 is 11.9 Å². The molecule has 0 heterocycles. The van der Waals surface area contributed by atoms with Crippen molar-refractivity contribution in [1.82, 2.24) is 0 Å². The average molecular weight is 360 g/mol. The van der Waals surface area contributed by atoms with E-state index in [2.05, 4.69) is 0 Å². The summed E-state index contributed by atoms with van der Waals surface area (Å²) in [5.74, 6) is -0.942. The van der Waals surface area contributed by atoms with Gasteiger partial charge in [-0.3, -0.25) is 9.11 Å². The van der Waals surface area contributed by atoms with E-state index in [4.69, 9.17) is 22.8 Å². The largest absolute Gasteiger partial charge is 0.462 e. The van der Waals surface area contributed by atoms with E-state index in [0.29, 0.717) is 13.2 Å². The number of carbonyl (C=O) groups excluding carboxylic acids is 2. The highest BCUT2D eigenvalue weighted by Crippen LogP contribution is 2.12. The molecule has 0 amide bonds. The van der Waals surface area contributed by atoms with Gasteiger partial charge in [0.15, 0.2) is 0 Å². The lowest BCUT2D eigenvalue weighted by Crippen LogP contribution is -2.14. The standard InChI is InChI=1S/C16H22O4.H2O3S/c1-3-5-11-19-15(17)13-9-7-8-10-14(13)16(18)20-12-6-4-2;1-4(2)3/h7-10H,3-6,11-12H2,1-2H3;(H2,1,2,3). The van der Waals surface area contributed by atoms with E-state index in [0.717, 1.165) is 25.7 Å². The molecule has 0 saturated carbocycles. The summed E-state index contributed by atoms with van der Waals surface area (Å²) in [6, 6.07) is 6.59. The number of unbranched alkanes of at least 4 members (excludes halogenated alkanes) is 2. The van der Waals surface area contributed by atoms with Crippen molar-refractivity contribution in [3.05, 3.63) is 35.4 Å². The first-order valence-electron chi connectivity index (χ1n) is 7.67. The first kappa shape index (κ1) is 22.2. The Morgan fingerprint density at radius 2 is 1.25 bits per heavy atom. The maximum Gasteiger partial charge on any atom is 0.339 e. The maximum absolute atomic E-state index is 11.9. The third-order valence-electron chi connectivity index (χ3n) is 2.83. The molecule has 0 saturated heterocycles. The van der Waals surface area contributed by atoms with E-state index in [-0.39, 0.29) is 11.1 Å². The highest BCUT2D eigenvalue weighted by Gasteiger charge is 2.18. The number of carbonyl (C=O) groups is 2. The Balaban J connectivity index is 0.00000118. The van der Waals surface area contributed by atoms with Gasteiger partial charge in [-0.15, -0.1) is 0 Å². The Bertz CT molecular complexity index is 486. The summed E-state index contributed by atoms with van der Waals surface area (Å²) in [5.41, 5.74) is 0.537. The molecule has 0 radical (unpaired) electrons. The van der Waals surface area contributed by atoms with Gasteiger partial charge in [0, 0.05) is 0 Å². The van der Waals surface area contributed by atoms with Gasteiger partial charge in [-0.25, -0.2) is 9.59 Å². The fourth-order valence-corrected chi connectivity index (χ4v) is 1.61. The minimum absolute atomic E-state index is 0.269. The van der Waals surface area contributed by atoms with Crippen LogP contribution in [0.15, 0.2) is 24.3 Å². The summed E-state index contributed by atoms with van der Waals surface area (Å²) in [4.78, 5) is 23.9. The van der Waals surface area contributed by atoms with Crippen molar-refractivity contribution < 1.29 is 32.4 Å². The maximum atomic E-state index is 11.9. The molecule has 0 aromatic heterocycles. The highest BCUT2D eigenvalue weighted by molar-refractivity contribution is 7.73. The Morgan fingerprint density at radius 3 is 1.54 bits per heavy atom. The van der Waals surface area contributed by atoms with E-state index in [1.54, 1.807) is 24.3 Å². The zero-order chi connectivity index (χ0) is 18.4. The lowest BCUT2D eigenvalue weighted by atomic mass is 10.1. The zero-order valence-corrected chi connectivity index (χ0v) is 14.7. The number of esters is 2. The summed E-state index contributed by atoms with van der Waals surface area (Å²) in [6.07, 6.45) is 3.53. The molecule has 1 aromatic rings. The van der Waals surface area contributed by atoms with Crippen molar-refractivity contribution in [3.63, 3.8) is 0 Å². The molecule has 1 rings (SSSR count). The number of ether oxygens (including phenoxy) is 2. The van der Waals surface area contributed by atoms with Gasteiger partial charge in [0.25, 0.3) is 11.4 Å². The van der Waals surface area contributed by atoms with Crippen LogP contribution in [0.1, 0.15) is 60.2 Å². The van der Waals surface area contributed by atoms with Gasteiger partial charge in [-0.1, -0.05) is 38.8 Å². The summed E-state index contributed by atoms with van der Waals surface area (Å²) >= 11 is -2.61. The van der Waals surface area contributed by atoms with Gasteiger partial charge < -0.3 is 9.47 Å². The molecule has 24 heavy (non-hydrogen) atoms. The van der Waals surface area contributed by atoms with Gasteiger partial charge in [0.05, 0.1) is 24.3 Å². The number of benzene rings is 1. The average Bonchev–Trinajstić information content (AvgIpc) is 2.54. The molecule has 0 aliphatic heterocycles. The van der Waals surface area contributed by atoms with E-state index in [9.17, 15) is 9.59 Å². The first-order valence-corrected chi connectivity index (χ1v) is 8.73. The highest BCUT2D eigenvalue weighted by atomic mass is 32.2. The van der Waals surface area contributed by atoms with Crippen LogP contribution in [0.25, 0.3) is 0 Å². The third-order valence-corrected chi connectivity index (χ3v) is 2.83. The van der Waals surface area contributed by atoms with E-state index < -0.39 is 23.3 Å². The summed E-state index contributed by atoms with van der Waals surface area (Å²) < 4.78 is 33.1. The molecule has 2 N–H and O–H groups in total. The van der Waals surface area contributed by atoms with Crippen molar-refractivity contribution in [2.45, 2.75) is 39.5 Å². The number of rotatable bonds is 8. The van der Waals surface area contributed by atoms with Crippen molar-refractivity contribution in [2.24, 2.45) is 0 Å². The number of hydrogen-bond donors (Lipinski definition) is 2. The van der Waals surface area contributed by atoms with Crippen molar-refractivity contribution in [3.8, 4) is 0 Å². The molecular weight excluding hydrogens is 336 g/mol. The molecule has 0 spiro atoms. The molecule has 1 aromatic carbocycles. The molecule has 0 aliphatic carbocycles. The fourth-order valence-electron chi connectivity index (χ4n) is 1.61. The molecule has 8 heteroatoms. The Kier molecular flexibility index (Phi) is 12.6. The van der Waals surface area contributed by atoms with Crippen LogP contribution in [0.2, 0.25) is 0 Å². The topological polar surface area (TPSA) is 110 Å². The summed E-state index contributed by atoms with van der Waals surface area (Å²) in [5, 5.41) is 0. The second-order valence-corrected chi connectivity index (χ2v) is 5.22. The predicted octanol–water partition coefficient (Wildman–Crippen LogP) is 3.28. The second kappa shape index (κ2) is 13.6. The van der Waals surface area contributed by atoms with Crippen molar-refractivity contribution in [1.29, 1.82) is 0 Å². The minimum atomic E-state index is -2.61. The predicted molar refractivity (Wildman–Crippen MR) is 90.2 cm³/mol. The van der Waals surface area contributed by atoms with Crippen LogP contribution in [-0.4, -0.2) is 38.5 Å². The van der Waals surface area contributed by atoms with Crippen molar-refractivity contribution in [2.75, 3.05) is 13.2 Å². The van der Waals surface area contributed by atoms with Crippen LogP contribution in [0.5, 0.6) is 0 Å². The van der Waals surface area contributed by atoms with E-state index >= 15 is 0 Å². The Morgan fingerprint density at radius 1 is 0.917 bits per heavy atom. The van der Waals surface area contributed by atoms with Gasteiger partial charge in [-0.2, -0.15) is 4.21 Å². The monoisotopic (exact) mass is 360 g/mol. The van der Waals surface area contributed by atoms with Crippen molar-refractivity contribution >= 4 is 23.3 Å². The zero-order valence-electron chi connectivity index (χ0n) is 13.9. The van der Waals surface area contributed by atoms with Crippen LogP contribution >= 0.6 is 0 Å². The van der Waals surface area contributed by atoms with Crippen LogP contribution in [0, 0.1) is 0 Å². The molecule has 0 atom stereocenters. The lowest BCUT2D eigenvalue weighted by molar-refractivity contribution is 0.0452. The minimum Gasteiger partial charge on any atom is -0.462 e. The molecular formula is C16H24O7S. The van der Waals surface area contributed by atoms with E-state index in [1.165, 1.54) is 0 Å². The van der Waals surface area contributed by atoms with Crippen LogP contribution in [0.3, 0.4) is 0 Å². The first-order chi connectivity index (χ1) is 11.4. The van der Waals surface area contributed by atoms with Crippen LogP contribution in [-0.2, 0) is 20.8 Å². The SMILES string of the molecule is CCCCOC(=O)c1ccccc1C(=O)OCCCC.O=S(O)O. The quantitative estimate of drug-likeness (QED) is 0.416. The molecule has 0 aliphatic rings. The molecule has 0 unspecified atom stereocenters. The Hall–Kier alpha value is -1.77. The van der Waals surface area contributed by atoms with Gasteiger partial charge in [0.2, 0.25) is 0 Å². The fraction of sp³-hybridized carbons (Fsp3) is 0.500. The van der Waals surface area contributed by atoms with Gasteiger partial charge in [0.1, 0.15) is 0 Å². The lowest BCUT2D eigenvalue weighted by Gasteiger charge is -2.09. The second-order valence-electron chi connectivity index (χ2n) is 4.76. The van der Waals surface area contributed by atoms with Crippen LogP contribution in [0.4, 0.5) is 0 Å². The Labute approximate surface area is 144 Å². The number of hydrogen-bond acceptors (Lipinski definition) is 5. The van der Waals surface area contributed by atoms with Gasteiger partial charge in [-0.05, 0) is 25.0 Å². The molecule has 0 fully saturated rings. The van der Waals surface area contributed by atoms with E-state index in [1.807, 2.05) is 13.8 Å². The van der Waals surface area contributed by atoms with Crippen LogP contribution < -0.4 is 0 Å². The normalized spacial score (nSPS) is 9.88. The third kappa shape index (κ3) is 10.1. The summed E-state index contributed by atoms with van der Waals surface area (Å²) in [7, 11) is 0. The molecule has 7 nitrogen and oxygen atoms in total. The molecule has 0 bridgehead atoms. The smallest absolute Gasteiger partial charge is 0.339 e. The summed E-state index contributed by atoms with van der Waals surface area (Å²) in [6.45, 7) is 4.78. The molecule has 136 valence electrons.